The minimum Gasteiger partial charge on any atom is -0.451 e. The third-order valence-corrected chi connectivity index (χ3v) is 5.03. The lowest BCUT2D eigenvalue weighted by atomic mass is 9.96. The van der Waals surface area contributed by atoms with Crippen molar-refractivity contribution in [3.8, 4) is 11.3 Å². The van der Waals surface area contributed by atoms with Gasteiger partial charge in [-0.05, 0) is 38.3 Å². The average Bonchev–Trinajstić information content (AvgIpc) is 2.69. The van der Waals surface area contributed by atoms with Gasteiger partial charge < -0.3 is 4.74 Å². The molecule has 1 aromatic heterocycles. The zero-order valence-electron chi connectivity index (χ0n) is 15.3. The number of nitrogens with zero attached hydrogens (tertiary/aromatic N) is 1. The Kier molecular flexibility index (Phi) is 4.71. The van der Waals surface area contributed by atoms with Gasteiger partial charge in [0.1, 0.15) is 0 Å². The van der Waals surface area contributed by atoms with E-state index in [0.29, 0.717) is 18.4 Å². The highest BCUT2D eigenvalue weighted by Gasteiger charge is 2.27. The van der Waals surface area contributed by atoms with E-state index in [2.05, 4.69) is 0 Å². The molecule has 136 valence electrons. The monoisotopic (exact) mass is 359 g/mol. The van der Waals surface area contributed by atoms with Crippen LogP contribution in [0.1, 0.15) is 41.6 Å². The second kappa shape index (κ2) is 7.31. The number of ketones is 1. The molecule has 0 radical (unpaired) electrons. The minimum absolute atomic E-state index is 0.0201. The maximum absolute atomic E-state index is 12.9. The van der Waals surface area contributed by atoms with Crippen LogP contribution in [0.2, 0.25) is 0 Å². The van der Waals surface area contributed by atoms with Crippen molar-refractivity contribution in [2.24, 2.45) is 0 Å². The van der Waals surface area contributed by atoms with E-state index in [1.165, 1.54) is 0 Å². The molecular formula is C23H21NO3. The van der Waals surface area contributed by atoms with Gasteiger partial charge in [-0.2, -0.15) is 0 Å². The van der Waals surface area contributed by atoms with Crippen LogP contribution in [0, 0.1) is 6.92 Å². The highest BCUT2D eigenvalue weighted by molar-refractivity contribution is 6.05. The maximum atomic E-state index is 12.9. The second-order valence-corrected chi connectivity index (χ2v) is 7.04. The Balaban J connectivity index is 1.75. The smallest absolute Gasteiger partial charge is 0.339 e. The predicted molar refractivity (Wildman–Crippen MR) is 105 cm³/mol. The molecule has 4 rings (SSSR count). The lowest BCUT2D eigenvalue weighted by Crippen LogP contribution is -2.30. The Morgan fingerprint density at radius 3 is 2.63 bits per heavy atom. The number of benzene rings is 2. The van der Waals surface area contributed by atoms with Crippen molar-refractivity contribution in [3.63, 3.8) is 0 Å². The number of hydrogen-bond donors (Lipinski definition) is 0. The van der Waals surface area contributed by atoms with E-state index in [1.54, 1.807) is 6.07 Å². The van der Waals surface area contributed by atoms with Crippen molar-refractivity contribution >= 4 is 22.7 Å². The fourth-order valence-corrected chi connectivity index (χ4v) is 3.48. The van der Waals surface area contributed by atoms with Gasteiger partial charge in [-0.3, -0.25) is 4.79 Å². The van der Waals surface area contributed by atoms with Crippen LogP contribution < -0.4 is 0 Å². The Labute approximate surface area is 158 Å². The summed E-state index contributed by atoms with van der Waals surface area (Å²) in [6.45, 7) is 2.03. The number of pyridine rings is 1. The normalized spacial score (nSPS) is 17.1. The molecule has 0 N–H and O–H groups in total. The number of fused-ring (bicyclic) bond motifs is 1. The summed E-state index contributed by atoms with van der Waals surface area (Å²) in [4.78, 5) is 29.7. The first kappa shape index (κ1) is 17.4. The highest BCUT2D eigenvalue weighted by Crippen LogP contribution is 2.27. The van der Waals surface area contributed by atoms with E-state index in [-0.39, 0.29) is 5.78 Å². The van der Waals surface area contributed by atoms with E-state index in [4.69, 9.17) is 9.72 Å². The van der Waals surface area contributed by atoms with Crippen molar-refractivity contribution in [1.29, 1.82) is 0 Å². The van der Waals surface area contributed by atoms with Crippen molar-refractivity contribution in [2.45, 2.75) is 38.7 Å². The molecule has 4 nitrogen and oxygen atoms in total. The van der Waals surface area contributed by atoms with Gasteiger partial charge in [-0.15, -0.1) is 0 Å². The van der Waals surface area contributed by atoms with Crippen LogP contribution in [-0.2, 0) is 9.53 Å². The van der Waals surface area contributed by atoms with Gasteiger partial charge in [0.15, 0.2) is 11.9 Å². The van der Waals surface area contributed by atoms with E-state index < -0.39 is 12.1 Å². The van der Waals surface area contributed by atoms with E-state index in [1.807, 2.05) is 55.5 Å². The molecule has 0 amide bonds. The third-order valence-electron chi connectivity index (χ3n) is 5.03. The first-order chi connectivity index (χ1) is 13.1. The fraction of sp³-hybridized carbons (Fsp3) is 0.261. The summed E-state index contributed by atoms with van der Waals surface area (Å²) in [5.41, 5.74) is 4.01. The molecule has 27 heavy (non-hydrogen) atoms. The number of para-hydroxylation sites is 1. The highest BCUT2D eigenvalue weighted by atomic mass is 16.5. The zero-order valence-corrected chi connectivity index (χ0v) is 15.3. The van der Waals surface area contributed by atoms with Crippen molar-refractivity contribution in [2.75, 3.05) is 0 Å². The van der Waals surface area contributed by atoms with Crippen molar-refractivity contribution in [1.82, 2.24) is 4.98 Å². The number of carbonyl (C=O) groups is 2. The summed E-state index contributed by atoms with van der Waals surface area (Å²) in [7, 11) is 0. The molecule has 1 atom stereocenters. The molecule has 0 saturated heterocycles. The molecule has 4 heteroatoms. The molecule has 3 aromatic rings. The first-order valence-electron chi connectivity index (χ1n) is 9.32. The summed E-state index contributed by atoms with van der Waals surface area (Å²) in [5.74, 6) is -0.436. The molecule has 1 heterocycles. The van der Waals surface area contributed by atoms with E-state index >= 15 is 0 Å². The fourth-order valence-electron chi connectivity index (χ4n) is 3.48. The molecule has 1 aliphatic rings. The number of rotatable bonds is 3. The summed E-state index contributed by atoms with van der Waals surface area (Å²) in [6.07, 6.45) is 2.26. The van der Waals surface area contributed by atoms with Gasteiger partial charge >= 0.3 is 5.97 Å². The summed E-state index contributed by atoms with van der Waals surface area (Å²) in [5, 5.41) is 0.738. The molecular weight excluding hydrogens is 338 g/mol. The van der Waals surface area contributed by atoms with Gasteiger partial charge in [0.05, 0.1) is 16.8 Å². The largest absolute Gasteiger partial charge is 0.451 e. The standard InChI is InChI=1S/C23H21NO3/c1-15-10-12-16(13-11-15)20-14-18(17-6-2-3-7-19(17)24-20)23(26)27-22-9-5-4-8-21(22)25/h2-3,6-7,10-14,22H,4-5,8-9H2,1H3/t22-/m1/s1. The number of Topliss-reactive ketones (excluding diaryl/α,β-unsaturated/α-hetero) is 1. The number of esters is 1. The summed E-state index contributed by atoms with van der Waals surface area (Å²) in [6, 6.07) is 17.3. The average molecular weight is 359 g/mol. The van der Waals surface area contributed by atoms with Crippen LogP contribution in [0.15, 0.2) is 54.6 Å². The number of carbonyl (C=O) groups excluding carboxylic acids is 2. The Morgan fingerprint density at radius 1 is 1.07 bits per heavy atom. The van der Waals surface area contributed by atoms with Gasteiger partial charge in [0, 0.05) is 17.4 Å². The van der Waals surface area contributed by atoms with Crippen LogP contribution in [0.3, 0.4) is 0 Å². The van der Waals surface area contributed by atoms with Crippen LogP contribution in [0.5, 0.6) is 0 Å². The Bertz CT molecular complexity index is 1010. The predicted octanol–water partition coefficient (Wildman–Crippen LogP) is 4.88. The molecule has 2 aromatic carbocycles. The van der Waals surface area contributed by atoms with Gasteiger partial charge in [-0.1, -0.05) is 48.0 Å². The molecule has 1 saturated carbocycles. The van der Waals surface area contributed by atoms with Gasteiger partial charge in [0.25, 0.3) is 0 Å². The van der Waals surface area contributed by atoms with Crippen molar-refractivity contribution < 1.29 is 14.3 Å². The van der Waals surface area contributed by atoms with Gasteiger partial charge in [-0.25, -0.2) is 9.78 Å². The quantitative estimate of drug-likeness (QED) is 0.626. The van der Waals surface area contributed by atoms with Crippen LogP contribution >= 0.6 is 0 Å². The van der Waals surface area contributed by atoms with Crippen LogP contribution in [-0.4, -0.2) is 22.8 Å². The third kappa shape index (κ3) is 3.61. The lowest BCUT2D eigenvalue weighted by Gasteiger charge is -2.21. The Morgan fingerprint density at radius 2 is 1.85 bits per heavy atom. The lowest BCUT2D eigenvalue weighted by molar-refractivity contribution is -0.129. The maximum Gasteiger partial charge on any atom is 0.339 e. The number of hydrogen-bond acceptors (Lipinski definition) is 4. The van der Waals surface area contributed by atoms with E-state index in [9.17, 15) is 9.59 Å². The van der Waals surface area contributed by atoms with Gasteiger partial charge in [0.2, 0.25) is 0 Å². The topological polar surface area (TPSA) is 56.3 Å². The molecule has 0 spiro atoms. The molecule has 1 aliphatic carbocycles. The molecule has 0 aliphatic heterocycles. The minimum atomic E-state index is -0.624. The summed E-state index contributed by atoms with van der Waals surface area (Å²) < 4.78 is 5.59. The second-order valence-electron chi connectivity index (χ2n) is 7.04. The summed E-state index contributed by atoms with van der Waals surface area (Å²) >= 11 is 0. The van der Waals surface area contributed by atoms with Crippen molar-refractivity contribution in [3.05, 3.63) is 65.7 Å². The van der Waals surface area contributed by atoms with Crippen LogP contribution in [0.25, 0.3) is 22.2 Å². The zero-order chi connectivity index (χ0) is 18.8. The van der Waals surface area contributed by atoms with Crippen LogP contribution in [0.4, 0.5) is 0 Å². The number of aryl methyl sites for hydroxylation is 1. The molecule has 0 unspecified atom stereocenters. The van der Waals surface area contributed by atoms with E-state index in [0.717, 1.165) is 40.6 Å². The first-order valence-corrected chi connectivity index (χ1v) is 9.32. The molecule has 0 bridgehead atoms. The molecule has 1 fully saturated rings. The number of ether oxygens (including phenoxy) is 1. The SMILES string of the molecule is Cc1ccc(-c2cc(C(=O)O[C@@H]3CCCCC3=O)c3ccccc3n2)cc1. The Hall–Kier alpha value is -3.01. The number of aromatic nitrogens is 1.